The standard InChI is InChI=1S/C27H18FN7OS/c28-17-10-8-16(9-11-17)24-25(33-14-4-3-7-21(33)31-24)18-12-13-22-30-23(15-34(22)32-18)35-19-5-1-2-6-20(19)37-27(35)26(29)36/h1-15,27H,(H2,29,36). The highest BCUT2D eigenvalue weighted by Gasteiger charge is 2.36. The van der Waals surface area contributed by atoms with Gasteiger partial charge in [0, 0.05) is 16.7 Å². The molecule has 0 saturated heterocycles. The summed E-state index contributed by atoms with van der Waals surface area (Å²) in [5.74, 6) is -0.181. The van der Waals surface area contributed by atoms with Crippen molar-refractivity contribution in [3.63, 3.8) is 0 Å². The fraction of sp³-hybridized carbons (Fsp3) is 0.0370. The molecule has 0 radical (unpaired) electrons. The Morgan fingerprint density at radius 2 is 1.73 bits per heavy atom. The normalized spacial score (nSPS) is 14.9. The van der Waals surface area contributed by atoms with Gasteiger partial charge in [0.05, 0.1) is 17.6 Å². The molecule has 1 aliphatic rings. The number of nitrogens with two attached hydrogens (primary N) is 1. The van der Waals surface area contributed by atoms with Crippen LogP contribution >= 0.6 is 11.8 Å². The van der Waals surface area contributed by atoms with Crippen LogP contribution in [0.15, 0.2) is 96.2 Å². The van der Waals surface area contributed by atoms with Gasteiger partial charge in [-0.15, -0.1) is 0 Å². The lowest BCUT2D eigenvalue weighted by molar-refractivity contribution is -0.117. The summed E-state index contributed by atoms with van der Waals surface area (Å²) in [5.41, 5.74) is 10.9. The molecule has 1 unspecified atom stereocenters. The molecule has 37 heavy (non-hydrogen) atoms. The van der Waals surface area contributed by atoms with E-state index in [1.807, 2.05) is 70.1 Å². The highest BCUT2D eigenvalue weighted by atomic mass is 32.2. The fourth-order valence-corrected chi connectivity index (χ4v) is 5.77. The molecule has 2 aromatic carbocycles. The minimum Gasteiger partial charge on any atom is -0.367 e. The molecule has 0 aliphatic carbocycles. The van der Waals surface area contributed by atoms with Gasteiger partial charge < -0.3 is 10.6 Å². The molecule has 0 bridgehead atoms. The number of hydrogen-bond donors (Lipinski definition) is 1. The minimum absolute atomic E-state index is 0.310. The zero-order valence-corrected chi connectivity index (χ0v) is 20.0. The average Bonchev–Trinajstić information content (AvgIpc) is 3.61. The highest BCUT2D eigenvalue weighted by Crippen LogP contribution is 2.46. The van der Waals surface area contributed by atoms with E-state index in [9.17, 15) is 9.18 Å². The molecular formula is C27H18FN7OS. The number of para-hydroxylation sites is 1. The Morgan fingerprint density at radius 3 is 2.57 bits per heavy atom. The van der Waals surface area contributed by atoms with Gasteiger partial charge in [-0.2, -0.15) is 5.10 Å². The van der Waals surface area contributed by atoms with Gasteiger partial charge in [-0.1, -0.05) is 30.0 Å². The van der Waals surface area contributed by atoms with Gasteiger partial charge in [0.25, 0.3) is 5.91 Å². The molecule has 10 heteroatoms. The first-order valence-electron chi connectivity index (χ1n) is 11.5. The Morgan fingerprint density at radius 1 is 0.919 bits per heavy atom. The number of carbonyl (C=O) groups is 1. The van der Waals surface area contributed by atoms with Crippen LogP contribution in [0.3, 0.4) is 0 Å². The number of fused-ring (bicyclic) bond motifs is 3. The number of thioether (sulfide) groups is 1. The van der Waals surface area contributed by atoms with Gasteiger partial charge in [0.2, 0.25) is 0 Å². The zero-order valence-electron chi connectivity index (χ0n) is 19.2. The van der Waals surface area contributed by atoms with Gasteiger partial charge >= 0.3 is 0 Å². The lowest BCUT2D eigenvalue weighted by Gasteiger charge is -2.21. The zero-order chi connectivity index (χ0) is 25.1. The van der Waals surface area contributed by atoms with Crippen LogP contribution in [-0.2, 0) is 4.79 Å². The molecule has 4 aromatic heterocycles. The number of nitrogens with zero attached hydrogens (tertiary/aromatic N) is 6. The van der Waals surface area contributed by atoms with E-state index in [4.69, 9.17) is 20.8 Å². The number of pyridine rings is 1. The highest BCUT2D eigenvalue weighted by molar-refractivity contribution is 8.01. The maximum Gasteiger partial charge on any atom is 0.251 e. The second-order valence-corrected chi connectivity index (χ2v) is 9.70. The summed E-state index contributed by atoms with van der Waals surface area (Å²) in [5, 5.41) is 4.25. The molecule has 1 atom stereocenters. The van der Waals surface area contributed by atoms with Crippen molar-refractivity contribution in [2.24, 2.45) is 5.73 Å². The summed E-state index contributed by atoms with van der Waals surface area (Å²) in [6, 6.07) is 23.5. The number of amides is 1. The van der Waals surface area contributed by atoms with E-state index in [2.05, 4.69) is 0 Å². The number of aromatic nitrogens is 5. The van der Waals surface area contributed by atoms with E-state index >= 15 is 0 Å². The summed E-state index contributed by atoms with van der Waals surface area (Å²) in [7, 11) is 0. The predicted octanol–water partition coefficient (Wildman–Crippen LogP) is 4.91. The Labute approximate surface area is 214 Å². The first-order chi connectivity index (χ1) is 18.1. The largest absolute Gasteiger partial charge is 0.367 e. The summed E-state index contributed by atoms with van der Waals surface area (Å²) in [6.45, 7) is 0. The van der Waals surface area contributed by atoms with Crippen LogP contribution in [0, 0.1) is 5.82 Å². The van der Waals surface area contributed by atoms with E-state index < -0.39 is 11.3 Å². The van der Waals surface area contributed by atoms with Crippen molar-refractivity contribution in [2.75, 3.05) is 4.90 Å². The third kappa shape index (κ3) is 3.45. The van der Waals surface area contributed by atoms with E-state index in [0.29, 0.717) is 22.9 Å². The van der Waals surface area contributed by atoms with E-state index in [1.165, 1.54) is 23.9 Å². The number of primary amides is 1. The molecule has 8 nitrogen and oxygen atoms in total. The number of imidazole rings is 2. The summed E-state index contributed by atoms with van der Waals surface area (Å²) < 4.78 is 17.3. The number of hydrogen-bond acceptors (Lipinski definition) is 6. The van der Waals surface area contributed by atoms with Crippen LogP contribution in [0.1, 0.15) is 0 Å². The topological polar surface area (TPSA) is 93.8 Å². The van der Waals surface area contributed by atoms with Crippen LogP contribution in [0.2, 0.25) is 0 Å². The van der Waals surface area contributed by atoms with Crippen molar-refractivity contribution in [3.05, 3.63) is 97.1 Å². The number of carbonyl (C=O) groups excluding carboxylic acids is 1. The molecule has 0 saturated carbocycles. The molecule has 1 aliphatic heterocycles. The van der Waals surface area contributed by atoms with Crippen molar-refractivity contribution in [2.45, 2.75) is 10.3 Å². The molecule has 5 heterocycles. The predicted molar refractivity (Wildman–Crippen MR) is 140 cm³/mol. The number of anilines is 2. The van der Waals surface area contributed by atoms with Gasteiger partial charge in [0.15, 0.2) is 16.8 Å². The van der Waals surface area contributed by atoms with E-state index in [0.717, 1.165) is 27.5 Å². The van der Waals surface area contributed by atoms with Gasteiger partial charge in [0.1, 0.15) is 22.9 Å². The van der Waals surface area contributed by atoms with Crippen molar-refractivity contribution in [3.8, 4) is 22.6 Å². The summed E-state index contributed by atoms with van der Waals surface area (Å²) in [4.78, 5) is 24.6. The molecule has 0 spiro atoms. The number of benzene rings is 2. The second kappa shape index (κ2) is 8.17. The average molecular weight is 508 g/mol. The molecule has 180 valence electrons. The molecule has 1 amide bonds. The molecule has 2 N–H and O–H groups in total. The minimum atomic E-state index is -0.606. The Bertz CT molecular complexity index is 1830. The number of rotatable bonds is 4. The second-order valence-electron chi connectivity index (χ2n) is 8.58. The third-order valence-corrected chi connectivity index (χ3v) is 7.55. The Balaban J connectivity index is 1.38. The van der Waals surface area contributed by atoms with Crippen LogP contribution in [0.25, 0.3) is 33.9 Å². The van der Waals surface area contributed by atoms with Gasteiger partial charge in [-0.05, 0) is 60.7 Å². The Hall–Kier alpha value is -4.70. The quantitative estimate of drug-likeness (QED) is 0.365. The van der Waals surface area contributed by atoms with Crippen LogP contribution < -0.4 is 10.6 Å². The van der Waals surface area contributed by atoms with Crippen molar-refractivity contribution < 1.29 is 9.18 Å². The molecular weight excluding hydrogens is 489 g/mol. The van der Waals surface area contributed by atoms with Crippen LogP contribution in [0.4, 0.5) is 15.9 Å². The maximum absolute atomic E-state index is 13.6. The summed E-state index contributed by atoms with van der Waals surface area (Å²) >= 11 is 1.40. The van der Waals surface area contributed by atoms with E-state index in [-0.39, 0.29) is 5.82 Å². The van der Waals surface area contributed by atoms with Crippen molar-refractivity contribution in [1.82, 2.24) is 24.0 Å². The van der Waals surface area contributed by atoms with Crippen LogP contribution in [0.5, 0.6) is 0 Å². The smallest absolute Gasteiger partial charge is 0.251 e. The van der Waals surface area contributed by atoms with Crippen LogP contribution in [-0.4, -0.2) is 35.3 Å². The van der Waals surface area contributed by atoms with Crippen molar-refractivity contribution >= 4 is 40.5 Å². The SMILES string of the molecule is NC(=O)C1Sc2ccccc2N1c1cn2nc(-c3c(-c4ccc(F)cc4)nc4ccccn34)ccc2n1. The Kier molecular flexibility index (Phi) is 4.76. The fourth-order valence-electron chi connectivity index (χ4n) is 4.65. The number of halogens is 1. The summed E-state index contributed by atoms with van der Waals surface area (Å²) in [6.07, 6.45) is 3.71. The van der Waals surface area contributed by atoms with Gasteiger partial charge in [-0.3, -0.25) is 9.20 Å². The van der Waals surface area contributed by atoms with E-state index in [1.54, 1.807) is 22.8 Å². The first-order valence-corrected chi connectivity index (χ1v) is 12.4. The molecule has 7 rings (SSSR count). The molecule has 0 fully saturated rings. The molecule has 6 aromatic rings. The lowest BCUT2D eigenvalue weighted by atomic mass is 10.1. The van der Waals surface area contributed by atoms with Crippen molar-refractivity contribution in [1.29, 1.82) is 0 Å². The monoisotopic (exact) mass is 507 g/mol. The third-order valence-electron chi connectivity index (χ3n) is 6.29. The lowest BCUT2D eigenvalue weighted by Crippen LogP contribution is -2.37. The maximum atomic E-state index is 13.6. The van der Waals surface area contributed by atoms with Gasteiger partial charge in [-0.25, -0.2) is 18.9 Å². The first kappa shape index (κ1) is 21.6.